The van der Waals surface area contributed by atoms with Crippen LogP contribution in [0.15, 0.2) is 29.4 Å². The average molecular weight is 511 g/mol. The van der Waals surface area contributed by atoms with Gasteiger partial charge in [0.15, 0.2) is 0 Å². The minimum atomic E-state index is -3.98. The molecule has 1 heterocycles. The smallest absolute Gasteiger partial charge is 0.347 e. The molecular formula is C21H30N6O7S. The molecule has 0 unspecified atom stereocenters. The number of amides is 4. The van der Waals surface area contributed by atoms with E-state index < -0.39 is 52.0 Å². The van der Waals surface area contributed by atoms with Crippen molar-refractivity contribution in [3.05, 3.63) is 35.4 Å². The highest BCUT2D eigenvalue weighted by Crippen LogP contribution is 2.37. The summed E-state index contributed by atoms with van der Waals surface area (Å²) < 4.78 is 26.6. The van der Waals surface area contributed by atoms with Gasteiger partial charge in [0, 0.05) is 14.0 Å². The molecule has 14 heteroatoms. The van der Waals surface area contributed by atoms with Crippen molar-refractivity contribution in [1.82, 2.24) is 19.6 Å². The summed E-state index contributed by atoms with van der Waals surface area (Å²) in [5, 5.41) is 14.2. The number of rotatable bonds is 11. The fourth-order valence-corrected chi connectivity index (χ4v) is 4.97. The van der Waals surface area contributed by atoms with Crippen molar-refractivity contribution >= 4 is 40.1 Å². The monoisotopic (exact) mass is 510 g/mol. The number of benzene rings is 1. The number of carbonyl (C=O) groups excluding carboxylic acids is 3. The van der Waals surface area contributed by atoms with Gasteiger partial charge >= 0.3 is 12.0 Å². The molecule has 1 aromatic carbocycles. The fourth-order valence-electron chi connectivity index (χ4n) is 3.58. The number of likely N-dealkylation sites (N-methyl/N-ethyl adjacent to an activating group) is 1. The van der Waals surface area contributed by atoms with Gasteiger partial charge in [-0.15, -0.1) is 0 Å². The van der Waals surface area contributed by atoms with Crippen molar-refractivity contribution < 1.29 is 32.7 Å². The SMILES string of the molecule is CCCCS(=O)(=O)N[C@H](CN(C(C)=O)N1C(=O)N(C)[C@](C)(c2ccc(C=NN)cc2)C1=O)C(=O)O. The Morgan fingerprint density at radius 2 is 1.89 bits per heavy atom. The molecule has 0 radical (unpaired) electrons. The number of aliphatic carboxylic acids is 1. The summed E-state index contributed by atoms with van der Waals surface area (Å²) in [5.74, 6) is 1.65. The maximum absolute atomic E-state index is 13.5. The lowest BCUT2D eigenvalue weighted by Gasteiger charge is -2.31. The molecular weight excluding hydrogens is 480 g/mol. The molecule has 1 saturated heterocycles. The van der Waals surface area contributed by atoms with Crippen LogP contribution >= 0.6 is 0 Å². The molecule has 0 saturated carbocycles. The van der Waals surface area contributed by atoms with Crippen LogP contribution in [0.25, 0.3) is 0 Å². The molecule has 1 aliphatic rings. The van der Waals surface area contributed by atoms with E-state index in [0.717, 1.165) is 11.8 Å². The number of hydrogen-bond acceptors (Lipinski definition) is 8. The number of nitrogens with zero attached hydrogens (tertiary/aromatic N) is 4. The zero-order valence-electron chi connectivity index (χ0n) is 20.0. The van der Waals surface area contributed by atoms with E-state index in [9.17, 15) is 32.7 Å². The van der Waals surface area contributed by atoms with Crippen LogP contribution in [0.4, 0.5) is 4.79 Å². The highest BCUT2D eigenvalue weighted by molar-refractivity contribution is 7.89. The zero-order chi connectivity index (χ0) is 26.6. The second kappa shape index (κ2) is 10.8. The Morgan fingerprint density at radius 1 is 1.29 bits per heavy atom. The van der Waals surface area contributed by atoms with Gasteiger partial charge in [-0.2, -0.15) is 14.8 Å². The summed E-state index contributed by atoms with van der Waals surface area (Å²) in [6.45, 7) is 3.53. The topological polar surface area (TPSA) is 183 Å². The van der Waals surface area contributed by atoms with Crippen LogP contribution in [0.3, 0.4) is 0 Å². The van der Waals surface area contributed by atoms with Gasteiger partial charge in [0.2, 0.25) is 15.9 Å². The third-order valence-corrected chi connectivity index (χ3v) is 7.26. The Morgan fingerprint density at radius 3 is 2.37 bits per heavy atom. The maximum atomic E-state index is 13.5. The van der Waals surface area contributed by atoms with Crippen molar-refractivity contribution in [3.8, 4) is 0 Å². The minimum absolute atomic E-state index is 0.305. The Balaban J connectivity index is 2.41. The van der Waals surface area contributed by atoms with E-state index in [1.165, 1.54) is 20.2 Å². The van der Waals surface area contributed by atoms with E-state index in [1.807, 2.05) is 4.72 Å². The molecule has 0 spiro atoms. The van der Waals surface area contributed by atoms with Crippen molar-refractivity contribution in [2.75, 3.05) is 19.3 Å². The number of hydrazone groups is 1. The first-order valence-corrected chi connectivity index (χ1v) is 12.4. The average Bonchev–Trinajstić information content (AvgIpc) is 2.96. The number of urea groups is 1. The molecule has 2 atom stereocenters. The van der Waals surface area contributed by atoms with Crippen molar-refractivity contribution in [2.45, 2.75) is 45.2 Å². The summed E-state index contributed by atoms with van der Waals surface area (Å²) in [4.78, 5) is 52.0. The normalized spacial score (nSPS) is 19.4. The quantitative estimate of drug-likeness (QED) is 0.161. The lowest BCUT2D eigenvalue weighted by atomic mass is 9.90. The number of sulfonamides is 1. The number of carboxylic acid groups (broad SMARTS) is 1. The van der Waals surface area contributed by atoms with Crippen molar-refractivity contribution in [3.63, 3.8) is 0 Å². The number of unbranched alkanes of at least 4 members (excludes halogenated alkanes) is 1. The molecule has 13 nitrogen and oxygen atoms in total. The Bertz CT molecular complexity index is 1120. The van der Waals surface area contributed by atoms with Crippen LogP contribution in [-0.4, -0.2) is 83.9 Å². The summed E-state index contributed by atoms with van der Waals surface area (Å²) in [5.41, 5.74) is -0.447. The molecule has 0 aliphatic carbocycles. The third kappa shape index (κ3) is 5.77. The predicted octanol–water partition coefficient (Wildman–Crippen LogP) is 0.0246. The van der Waals surface area contributed by atoms with E-state index in [0.29, 0.717) is 34.0 Å². The van der Waals surface area contributed by atoms with Gasteiger partial charge in [0.05, 0.1) is 18.5 Å². The van der Waals surface area contributed by atoms with Gasteiger partial charge in [-0.3, -0.25) is 14.4 Å². The molecule has 192 valence electrons. The van der Waals surface area contributed by atoms with Gasteiger partial charge < -0.3 is 15.8 Å². The number of carbonyl (C=O) groups is 4. The summed E-state index contributed by atoms with van der Waals surface area (Å²) in [6, 6.07) is 3.82. The molecule has 1 aromatic rings. The van der Waals surface area contributed by atoms with Crippen LogP contribution in [0.1, 0.15) is 44.7 Å². The number of carboxylic acids is 1. The molecule has 1 fully saturated rings. The number of hydrogen-bond donors (Lipinski definition) is 3. The Kier molecular flexibility index (Phi) is 8.57. The Hall–Kier alpha value is -3.52. The summed E-state index contributed by atoms with van der Waals surface area (Å²) in [6.07, 6.45) is 2.27. The number of hydrazine groups is 1. The second-order valence-electron chi connectivity index (χ2n) is 8.21. The first kappa shape index (κ1) is 27.7. The molecule has 1 aliphatic heterocycles. The molecule has 0 bridgehead atoms. The fraction of sp³-hybridized carbons (Fsp3) is 0.476. The minimum Gasteiger partial charge on any atom is -0.480 e. The van der Waals surface area contributed by atoms with Crippen molar-refractivity contribution in [2.24, 2.45) is 10.9 Å². The van der Waals surface area contributed by atoms with E-state index in [2.05, 4.69) is 5.10 Å². The van der Waals surface area contributed by atoms with E-state index in [4.69, 9.17) is 5.84 Å². The summed E-state index contributed by atoms with van der Waals surface area (Å²) >= 11 is 0. The number of nitrogens with one attached hydrogen (secondary N) is 1. The van der Waals surface area contributed by atoms with E-state index >= 15 is 0 Å². The van der Waals surface area contributed by atoms with Crippen LogP contribution in [0.2, 0.25) is 0 Å². The highest BCUT2D eigenvalue weighted by Gasteiger charge is 2.56. The lowest BCUT2D eigenvalue weighted by molar-refractivity contribution is -0.158. The second-order valence-corrected chi connectivity index (χ2v) is 10.1. The highest BCUT2D eigenvalue weighted by atomic mass is 32.2. The lowest BCUT2D eigenvalue weighted by Crippen LogP contribution is -2.57. The maximum Gasteiger partial charge on any atom is 0.347 e. The number of imide groups is 1. The molecule has 0 aromatic heterocycles. The van der Waals surface area contributed by atoms with Gasteiger partial charge in [0.1, 0.15) is 11.6 Å². The van der Waals surface area contributed by atoms with Crippen LogP contribution < -0.4 is 10.6 Å². The number of nitrogens with two attached hydrogens (primary N) is 1. The first-order valence-electron chi connectivity index (χ1n) is 10.8. The zero-order valence-corrected chi connectivity index (χ0v) is 20.8. The molecule has 2 rings (SSSR count). The van der Waals surface area contributed by atoms with Crippen LogP contribution in [0, 0.1) is 0 Å². The first-order chi connectivity index (χ1) is 16.3. The third-order valence-electron chi connectivity index (χ3n) is 5.79. The van der Waals surface area contributed by atoms with Gasteiger partial charge in [-0.05, 0) is 24.5 Å². The molecule has 4 amide bonds. The van der Waals surface area contributed by atoms with Gasteiger partial charge in [-0.1, -0.05) is 37.6 Å². The van der Waals surface area contributed by atoms with Gasteiger partial charge in [-0.25, -0.2) is 18.2 Å². The summed E-state index contributed by atoms with van der Waals surface area (Å²) in [7, 11) is -2.61. The van der Waals surface area contributed by atoms with E-state index in [-0.39, 0.29) is 5.75 Å². The predicted molar refractivity (Wildman–Crippen MR) is 126 cm³/mol. The largest absolute Gasteiger partial charge is 0.480 e. The standard InChI is InChI=1S/C21H30N6O7S/c1-5-6-11-35(33,34)24-17(18(29)30)13-26(14(2)28)27-19(31)21(3,25(4)20(27)32)16-9-7-15(8-10-16)12-23-22/h7-10,12,17,24H,5-6,11,13,22H2,1-4H3,(H,29,30)/t17-,21-/m1/s1. The molecule has 4 N–H and O–H groups in total. The Labute approximate surface area is 203 Å². The van der Waals surface area contributed by atoms with Crippen molar-refractivity contribution in [1.29, 1.82) is 0 Å². The van der Waals surface area contributed by atoms with E-state index in [1.54, 1.807) is 31.2 Å². The van der Waals surface area contributed by atoms with Crippen LogP contribution in [-0.2, 0) is 29.9 Å². The van der Waals surface area contributed by atoms with Gasteiger partial charge in [0.25, 0.3) is 5.91 Å². The van der Waals surface area contributed by atoms with Crippen LogP contribution in [0.5, 0.6) is 0 Å². The molecule has 35 heavy (non-hydrogen) atoms.